The lowest BCUT2D eigenvalue weighted by atomic mass is 9.95. The van der Waals surface area contributed by atoms with Crippen molar-refractivity contribution in [3.8, 4) is 0 Å². The number of hydrogen-bond acceptors (Lipinski definition) is 3. The molecular weight excluding hydrogens is 260 g/mol. The van der Waals surface area contributed by atoms with Gasteiger partial charge in [-0.3, -0.25) is 4.79 Å². The van der Waals surface area contributed by atoms with Crippen molar-refractivity contribution >= 4 is 21.9 Å². The number of rotatable bonds is 2. The zero-order valence-electron chi connectivity index (χ0n) is 8.49. The number of aromatic nitrogens is 2. The van der Waals surface area contributed by atoms with Crippen LogP contribution in [0.1, 0.15) is 26.1 Å². The maximum atomic E-state index is 11.3. The van der Waals surface area contributed by atoms with Crippen molar-refractivity contribution in [1.82, 2.24) is 9.97 Å². The zero-order chi connectivity index (χ0) is 11.3. The average molecular weight is 271 g/mol. The first kappa shape index (κ1) is 10.5. The number of carboxylic acid groups (broad SMARTS) is 1. The van der Waals surface area contributed by atoms with E-state index >= 15 is 0 Å². The Morgan fingerprint density at radius 3 is 2.27 bits per heavy atom. The van der Waals surface area contributed by atoms with Gasteiger partial charge in [-0.15, -0.1) is 0 Å². The Hall–Kier alpha value is -0.970. The molecule has 0 aliphatic heterocycles. The van der Waals surface area contributed by atoms with Crippen molar-refractivity contribution in [2.24, 2.45) is 5.41 Å². The Kier molecular flexibility index (Phi) is 2.12. The number of carboxylic acids is 1. The highest BCUT2D eigenvalue weighted by Gasteiger charge is 2.70. The lowest BCUT2D eigenvalue weighted by Crippen LogP contribution is -2.27. The molecule has 0 bridgehead atoms. The van der Waals surface area contributed by atoms with Gasteiger partial charge in [-0.2, -0.15) is 0 Å². The molecule has 0 saturated heterocycles. The molecule has 1 aliphatic rings. The first-order valence-corrected chi connectivity index (χ1v) is 5.41. The normalized spacial score (nSPS) is 27.4. The van der Waals surface area contributed by atoms with E-state index in [-0.39, 0.29) is 5.41 Å². The molecule has 0 radical (unpaired) electrons. The van der Waals surface area contributed by atoms with Crippen LogP contribution >= 0.6 is 15.9 Å². The quantitative estimate of drug-likeness (QED) is 0.893. The van der Waals surface area contributed by atoms with Gasteiger partial charge in [0.15, 0.2) is 0 Å². The second kappa shape index (κ2) is 3.01. The highest BCUT2D eigenvalue weighted by molar-refractivity contribution is 9.10. The number of nitrogens with zero attached hydrogens (tertiary/aromatic N) is 2. The van der Waals surface area contributed by atoms with Crippen LogP contribution in [0.2, 0.25) is 0 Å². The van der Waals surface area contributed by atoms with Crippen molar-refractivity contribution in [2.75, 3.05) is 0 Å². The topological polar surface area (TPSA) is 63.1 Å². The third kappa shape index (κ3) is 1.37. The fourth-order valence-corrected chi connectivity index (χ4v) is 2.20. The van der Waals surface area contributed by atoms with Crippen molar-refractivity contribution < 1.29 is 9.90 Å². The summed E-state index contributed by atoms with van der Waals surface area (Å²) in [5.41, 5.74) is -1.15. The smallest absolute Gasteiger partial charge is 0.317 e. The van der Waals surface area contributed by atoms with E-state index < -0.39 is 11.4 Å². The fraction of sp³-hybridized carbons (Fsp3) is 0.500. The summed E-state index contributed by atoms with van der Waals surface area (Å²) < 4.78 is 0.755. The SMILES string of the molecule is CC1(C)CC1(C(=O)O)c1ncc(Br)cn1. The van der Waals surface area contributed by atoms with Crippen LogP contribution in [0.25, 0.3) is 0 Å². The van der Waals surface area contributed by atoms with Gasteiger partial charge in [0.25, 0.3) is 0 Å². The highest BCUT2D eigenvalue weighted by Crippen LogP contribution is 2.63. The Labute approximate surface area is 95.9 Å². The van der Waals surface area contributed by atoms with Gasteiger partial charge in [0, 0.05) is 12.4 Å². The monoisotopic (exact) mass is 270 g/mol. The van der Waals surface area contributed by atoms with Crippen molar-refractivity contribution in [3.63, 3.8) is 0 Å². The zero-order valence-corrected chi connectivity index (χ0v) is 10.1. The third-order valence-electron chi connectivity index (χ3n) is 3.10. The van der Waals surface area contributed by atoms with E-state index in [4.69, 9.17) is 0 Å². The minimum absolute atomic E-state index is 0.257. The molecule has 1 saturated carbocycles. The fourth-order valence-electron chi connectivity index (χ4n) is 1.99. The Bertz CT molecular complexity index is 416. The van der Waals surface area contributed by atoms with Crippen molar-refractivity contribution in [2.45, 2.75) is 25.7 Å². The van der Waals surface area contributed by atoms with Gasteiger partial charge in [0.1, 0.15) is 11.2 Å². The highest BCUT2D eigenvalue weighted by atomic mass is 79.9. The van der Waals surface area contributed by atoms with Crippen LogP contribution in [0.4, 0.5) is 0 Å². The number of aliphatic carboxylic acids is 1. The van der Waals surface area contributed by atoms with E-state index in [1.165, 1.54) is 0 Å². The molecule has 0 spiro atoms. The predicted octanol–water partition coefficient (Wildman–Crippen LogP) is 1.99. The van der Waals surface area contributed by atoms with E-state index in [1.807, 2.05) is 13.8 Å². The molecule has 0 amide bonds. The first-order chi connectivity index (χ1) is 6.90. The molecule has 1 aromatic rings. The lowest BCUT2D eigenvalue weighted by Gasteiger charge is -2.13. The van der Waals surface area contributed by atoms with Gasteiger partial charge in [0.05, 0.1) is 4.47 Å². The van der Waals surface area contributed by atoms with Crippen LogP contribution in [0.5, 0.6) is 0 Å². The molecule has 1 fully saturated rings. The van der Waals surface area contributed by atoms with E-state index in [0.717, 1.165) is 4.47 Å². The minimum atomic E-state index is -0.895. The summed E-state index contributed by atoms with van der Waals surface area (Å²) in [6.07, 6.45) is 3.76. The van der Waals surface area contributed by atoms with Crippen LogP contribution in [0, 0.1) is 5.41 Å². The molecule has 5 heteroatoms. The van der Waals surface area contributed by atoms with Gasteiger partial charge < -0.3 is 5.11 Å². The summed E-state index contributed by atoms with van der Waals surface area (Å²) in [6, 6.07) is 0. The molecule has 2 rings (SSSR count). The van der Waals surface area contributed by atoms with E-state index in [0.29, 0.717) is 12.2 Å². The van der Waals surface area contributed by atoms with Crippen LogP contribution < -0.4 is 0 Å². The molecule has 1 aromatic heterocycles. The molecule has 4 nitrogen and oxygen atoms in total. The second-order valence-corrected chi connectivity index (χ2v) is 5.41. The van der Waals surface area contributed by atoms with Crippen LogP contribution in [-0.2, 0) is 10.2 Å². The summed E-state index contributed by atoms with van der Waals surface area (Å²) in [6.45, 7) is 3.85. The molecule has 80 valence electrons. The summed E-state index contributed by atoms with van der Waals surface area (Å²) in [7, 11) is 0. The van der Waals surface area contributed by atoms with E-state index in [2.05, 4.69) is 25.9 Å². The van der Waals surface area contributed by atoms with E-state index in [9.17, 15) is 9.90 Å². The molecule has 1 unspecified atom stereocenters. The summed E-state index contributed by atoms with van der Waals surface area (Å²) in [5.74, 6) is -0.432. The molecular formula is C10H11BrN2O2. The number of carbonyl (C=O) groups is 1. The first-order valence-electron chi connectivity index (χ1n) is 4.61. The van der Waals surface area contributed by atoms with Gasteiger partial charge in [-0.05, 0) is 27.8 Å². The number of halogens is 1. The molecule has 1 aliphatic carbocycles. The maximum absolute atomic E-state index is 11.3. The lowest BCUT2D eigenvalue weighted by molar-refractivity contribution is -0.141. The van der Waals surface area contributed by atoms with Crippen LogP contribution in [-0.4, -0.2) is 21.0 Å². The van der Waals surface area contributed by atoms with Crippen LogP contribution in [0.15, 0.2) is 16.9 Å². The molecule has 1 atom stereocenters. The Balaban J connectivity index is 2.45. The molecule has 15 heavy (non-hydrogen) atoms. The van der Waals surface area contributed by atoms with Crippen molar-refractivity contribution in [1.29, 1.82) is 0 Å². The summed E-state index contributed by atoms with van der Waals surface area (Å²) >= 11 is 3.23. The second-order valence-electron chi connectivity index (χ2n) is 4.50. The Morgan fingerprint density at radius 1 is 1.47 bits per heavy atom. The third-order valence-corrected chi connectivity index (χ3v) is 3.51. The van der Waals surface area contributed by atoms with Gasteiger partial charge in [-0.25, -0.2) is 9.97 Å². The van der Waals surface area contributed by atoms with Gasteiger partial charge in [-0.1, -0.05) is 13.8 Å². The Morgan fingerprint density at radius 2 is 1.93 bits per heavy atom. The molecule has 0 aromatic carbocycles. The van der Waals surface area contributed by atoms with E-state index in [1.54, 1.807) is 12.4 Å². The van der Waals surface area contributed by atoms with Gasteiger partial charge >= 0.3 is 5.97 Å². The summed E-state index contributed by atoms with van der Waals surface area (Å²) in [5, 5.41) is 9.27. The maximum Gasteiger partial charge on any atom is 0.317 e. The number of hydrogen-bond donors (Lipinski definition) is 1. The average Bonchev–Trinajstić information content (AvgIpc) is 2.72. The standard InChI is InChI=1S/C10H11BrN2O2/c1-9(2)5-10(9,8(14)15)7-12-3-6(11)4-13-7/h3-4H,5H2,1-2H3,(H,14,15). The largest absolute Gasteiger partial charge is 0.480 e. The van der Waals surface area contributed by atoms with Crippen LogP contribution in [0.3, 0.4) is 0 Å². The molecule has 1 heterocycles. The van der Waals surface area contributed by atoms with Crippen molar-refractivity contribution in [3.05, 3.63) is 22.7 Å². The minimum Gasteiger partial charge on any atom is -0.480 e. The molecule has 1 N–H and O–H groups in total. The van der Waals surface area contributed by atoms with Gasteiger partial charge in [0.2, 0.25) is 0 Å². The summed E-state index contributed by atoms with van der Waals surface area (Å²) in [4.78, 5) is 19.5. The predicted molar refractivity (Wildman–Crippen MR) is 57.4 cm³/mol.